The van der Waals surface area contributed by atoms with E-state index in [-0.39, 0.29) is 0 Å². The van der Waals surface area contributed by atoms with Gasteiger partial charge in [0.15, 0.2) is 0 Å². The van der Waals surface area contributed by atoms with Crippen LogP contribution in [0.5, 0.6) is 0 Å². The average Bonchev–Trinajstić information content (AvgIpc) is 2.00. The molecule has 0 N–H and O–H groups in total. The fraction of sp³-hybridized carbons (Fsp3) is 0.700. The Morgan fingerprint density at radius 2 is 1.50 bits per heavy atom. The van der Waals surface area contributed by atoms with Crippen LogP contribution >= 0.6 is 0 Å². The third-order valence-corrected chi connectivity index (χ3v) is 1.53. The van der Waals surface area contributed by atoms with Gasteiger partial charge in [-0.1, -0.05) is 34.6 Å². The molecule has 0 aromatic carbocycles. The maximum absolute atomic E-state index is 11.3. The summed E-state index contributed by atoms with van der Waals surface area (Å²) in [5, 5.41) is 0. The maximum atomic E-state index is 11.3. The van der Waals surface area contributed by atoms with E-state index in [1.54, 1.807) is 34.6 Å². The average molecular weight is 200 g/mol. The van der Waals surface area contributed by atoms with E-state index in [4.69, 9.17) is 0 Å². The van der Waals surface area contributed by atoms with Crippen LogP contribution in [0.4, 0.5) is 0 Å². The predicted molar refractivity (Wildman–Crippen MR) is 50.4 cm³/mol. The van der Waals surface area contributed by atoms with E-state index in [1.807, 2.05) is 0 Å². The summed E-state index contributed by atoms with van der Waals surface area (Å²) < 4.78 is 4.37. The molecule has 0 aromatic rings. The Morgan fingerprint density at radius 1 is 1.07 bits per heavy atom. The summed E-state index contributed by atoms with van der Waals surface area (Å²) >= 11 is 0. The molecule has 0 heterocycles. The van der Waals surface area contributed by atoms with Gasteiger partial charge >= 0.3 is 11.9 Å². The summed E-state index contributed by atoms with van der Waals surface area (Å²) in [6, 6.07) is 0. The lowest BCUT2D eigenvalue weighted by Crippen LogP contribution is -2.32. The van der Waals surface area contributed by atoms with Gasteiger partial charge < -0.3 is 4.74 Å². The molecule has 0 amide bonds. The molecule has 0 aliphatic carbocycles. The molecule has 0 fully saturated rings. The van der Waals surface area contributed by atoms with Crippen LogP contribution in [0, 0.1) is 11.3 Å². The lowest BCUT2D eigenvalue weighted by Gasteiger charge is -2.14. The van der Waals surface area contributed by atoms with Gasteiger partial charge in [-0.15, -0.1) is 0 Å². The number of ketones is 1. The van der Waals surface area contributed by atoms with Gasteiger partial charge in [-0.05, 0) is 0 Å². The molecule has 0 rings (SSSR count). The van der Waals surface area contributed by atoms with Gasteiger partial charge in [0.25, 0.3) is 0 Å². The standard InChI is InChI=1S/C10H16O4/c1-6(2)8(12)14-9(13)7(11)10(3,4)5/h6H,1-5H3. The molecule has 0 unspecified atom stereocenters. The minimum Gasteiger partial charge on any atom is -0.387 e. The third kappa shape index (κ3) is 3.68. The van der Waals surface area contributed by atoms with Crippen LogP contribution in [0.2, 0.25) is 0 Å². The molecule has 4 heteroatoms. The van der Waals surface area contributed by atoms with Crippen LogP contribution in [0.1, 0.15) is 34.6 Å². The normalized spacial score (nSPS) is 11.3. The van der Waals surface area contributed by atoms with Crippen molar-refractivity contribution < 1.29 is 19.1 Å². The molecule has 4 nitrogen and oxygen atoms in total. The Hall–Kier alpha value is -1.19. The monoisotopic (exact) mass is 200 g/mol. The number of carbonyl (C=O) groups is 3. The highest BCUT2D eigenvalue weighted by Gasteiger charge is 2.31. The number of ether oxygens (including phenoxy) is 1. The molecule has 0 spiro atoms. The molecular weight excluding hydrogens is 184 g/mol. The molecule has 0 atom stereocenters. The van der Waals surface area contributed by atoms with Crippen molar-refractivity contribution in [2.75, 3.05) is 0 Å². The summed E-state index contributed by atoms with van der Waals surface area (Å²) in [5.74, 6) is -2.85. The Labute approximate surface area is 83.6 Å². The molecule has 0 saturated heterocycles. The highest BCUT2D eigenvalue weighted by Crippen LogP contribution is 2.15. The lowest BCUT2D eigenvalue weighted by atomic mass is 9.91. The van der Waals surface area contributed by atoms with E-state index in [2.05, 4.69) is 4.74 Å². The highest BCUT2D eigenvalue weighted by molar-refractivity contribution is 6.36. The zero-order valence-electron chi connectivity index (χ0n) is 9.21. The molecule has 0 aliphatic heterocycles. The lowest BCUT2D eigenvalue weighted by molar-refractivity contribution is -0.168. The first kappa shape index (κ1) is 12.8. The van der Waals surface area contributed by atoms with E-state index in [9.17, 15) is 14.4 Å². The van der Waals surface area contributed by atoms with Gasteiger partial charge in [0.1, 0.15) is 0 Å². The third-order valence-electron chi connectivity index (χ3n) is 1.53. The smallest absolute Gasteiger partial charge is 0.382 e. The second-order valence-electron chi connectivity index (χ2n) is 4.44. The summed E-state index contributed by atoms with van der Waals surface area (Å²) in [7, 11) is 0. The predicted octanol–water partition coefficient (Wildman–Crippen LogP) is 1.33. The molecule has 0 bridgehead atoms. The Bertz CT molecular complexity index is 258. The first-order chi connectivity index (χ1) is 6.16. The fourth-order valence-electron chi connectivity index (χ4n) is 0.562. The SMILES string of the molecule is CC(C)C(=O)OC(=O)C(=O)C(C)(C)C. The van der Waals surface area contributed by atoms with Crippen molar-refractivity contribution in [3.63, 3.8) is 0 Å². The summed E-state index contributed by atoms with van der Waals surface area (Å²) in [4.78, 5) is 33.4. The second-order valence-corrected chi connectivity index (χ2v) is 4.44. The molecule has 14 heavy (non-hydrogen) atoms. The first-order valence-corrected chi connectivity index (χ1v) is 4.46. The number of hydrogen-bond acceptors (Lipinski definition) is 4. The van der Waals surface area contributed by atoms with Crippen LogP contribution in [0.15, 0.2) is 0 Å². The molecule has 0 radical (unpaired) electrons. The van der Waals surface area contributed by atoms with Crippen LogP contribution in [-0.4, -0.2) is 17.7 Å². The Balaban J connectivity index is 4.38. The van der Waals surface area contributed by atoms with Gasteiger partial charge in [-0.3, -0.25) is 9.59 Å². The second kappa shape index (κ2) is 4.35. The van der Waals surface area contributed by atoms with Crippen LogP contribution < -0.4 is 0 Å². The van der Waals surface area contributed by atoms with E-state index < -0.39 is 29.1 Å². The topological polar surface area (TPSA) is 60.4 Å². The van der Waals surface area contributed by atoms with Gasteiger partial charge in [-0.25, -0.2) is 4.79 Å². The highest BCUT2D eigenvalue weighted by atomic mass is 16.6. The minimum absolute atomic E-state index is 0.410. The van der Waals surface area contributed by atoms with Crippen LogP contribution in [0.3, 0.4) is 0 Å². The fourth-order valence-corrected chi connectivity index (χ4v) is 0.562. The number of carbonyl (C=O) groups excluding carboxylic acids is 3. The summed E-state index contributed by atoms with van der Waals surface area (Å²) in [6.07, 6.45) is 0. The molecule has 0 saturated carbocycles. The Morgan fingerprint density at radius 3 is 1.79 bits per heavy atom. The van der Waals surface area contributed by atoms with Crippen molar-refractivity contribution in [2.24, 2.45) is 11.3 Å². The van der Waals surface area contributed by atoms with E-state index in [1.165, 1.54) is 0 Å². The van der Waals surface area contributed by atoms with Crippen molar-refractivity contribution in [3.8, 4) is 0 Å². The number of esters is 2. The van der Waals surface area contributed by atoms with Crippen LogP contribution in [-0.2, 0) is 19.1 Å². The van der Waals surface area contributed by atoms with E-state index in [0.29, 0.717) is 0 Å². The van der Waals surface area contributed by atoms with Gasteiger partial charge in [0.05, 0.1) is 5.92 Å². The van der Waals surface area contributed by atoms with Gasteiger partial charge in [0.2, 0.25) is 5.78 Å². The molecular formula is C10H16O4. The maximum Gasteiger partial charge on any atom is 0.382 e. The largest absolute Gasteiger partial charge is 0.387 e. The quantitative estimate of drug-likeness (QED) is 0.383. The number of Topliss-reactive ketones (excluding diaryl/α,β-unsaturated/α-hetero) is 1. The van der Waals surface area contributed by atoms with Crippen molar-refractivity contribution in [2.45, 2.75) is 34.6 Å². The Kier molecular flexibility index (Phi) is 3.98. The van der Waals surface area contributed by atoms with Crippen molar-refractivity contribution >= 4 is 17.7 Å². The summed E-state index contributed by atoms with van der Waals surface area (Å²) in [6.45, 7) is 7.97. The van der Waals surface area contributed by atoms with Crippen molar-refractivity contribution in [1.29, 1.82) is 0 Å². The minimum atomic E-state index is -1.07. The molecule has 0 aliphatic rings. The summed E-state index contributed by atoms with van der Waals surface area (Å²) in [5.41, 5.74) is -0.811. The van der Waals surface area contributed by atoms with Crippen molar-refractivity contribution in [3.05, 3.63) is 0 Å². The zero-order chi connectivity index (χ0) is 11.5. The van der Waals surface area contributed by atoms with Crippen molar-refractivity contribution in [1.82, 2.24) is 0 Å². The zero-order valence-corrected chi connectivity index (χ0v) is 9.21. The number of rotatable bonds is 2. The van der Waals surface area contributed by atoms with Gasteiger partial charge in [-0.2, -0.15) is 0 Å². The van der Waals surface area contributed by atoms with Crippen LogP contribution in [0.25, 0.3) is 0 Å². The number of hydrogen-bond donors (Lipinski definition) is 0. The molecule has 0 aromatic heterocycles. The van der Waals surface area contributed by atoms with E-state index >= 15 is 0 Å². The van der Waals surface area contributed by atoms with Gasteiger partial charge in [0, 0.05) is 5.41 Å². The molecule has 80 valence electrons. The first-order valence-electron chi connectivity index (χ1n) is 4.46. The van der Waals surface area contributed by atoms with E-state index in [0.717, 1.165) is 0 Å².